The minimum absolute atomic E-state index is 0. The number of anilines is 2. The second-order valence-electron chi connectivity index (χ2n) is 13.9. The molecule has 0 amide bonds. The SMILES string of the molecule is CCN1/C(=C\C=C2/CCC/C(=C\C=C3\N(CC)c4ccc(OC)cc4C3(C)C)C2=[N+]2CCNCC2)C(C)(C)c2cc(OC)ccc21.[I-]. The molecule has 1 saturated heterocycles. The average molecular weight is 749 g/mol. The number of piperazine rings is 1. The quantitative estimate of drug-likeness (QED) is 0.349. The van der Waals surface area contributed by atoms with Crippen LogP contribution in [0.1, 0.15) is 71.9 Å². The number of methoxy groups -OCH3 is 2. The van der Waals surface area contributed by atoms with Crippen molar-refractivity contribution < 1.29 is 38.0 Å². The van der Waals surface area contributed by atoms with Gasteiger partial charge in [0.05, 0.1) is 27.3 Å². The van der Waals surface area contributed by atoms with Gasteiger partial charge in [0.1, 0.15) is 11.5 Å². The molecule has 0 unspecified atom stereocenters. The largest absolute Gasteiger partial charge is 1.00 e. The van der Waals surface area contributed by atoms with Crippen LogP contribution >= 0.6 is 0 Å². The Bertz CT molecular complexity index is 1540. The van der Waals surface area contributed by atoms with E-state index in [2.05, 4.69) is 122 Å². The van der Waals surface area contributed by atoms with Gasteiger partial charge < -0.3 is 48.6 Å². The molecule has 0 spiro atoms. The molecule has 6 rings (SSSR count). The second-order valence-corrected chi connectivity index (χ2v) is 13.9. The first-order chi connectivity index (χ1) is 22.1. The molecule has 2 aromatic carbocycles. The van der Waals surface area contributed by atoms with Crippen LogP contribution in [-0.2, 0) is 10.8 Å². The van der Waals surface area contributed by atoms with Crippen molar-refractivity contribution in [2.24, 2.45) is 0 Å². The molecule has 1 N–H and O–H groups in total. The summed E-state index contributed by atoms with van der Waals surface area (Å²) in [5.74, 6) is 1.84. The molecule has 7 heteroatoms. The lowest BCUT2D eigenvalue weighted by molar-refractivity contribution is -0.531. The van der Waals surface area contributed by atoms with Gasteiger partial charge in [-0.3, -0.25) is 0 Å². The number of fused-ring (bicyclic) bond motifs is 2. The Balaban J connectivity index is 0.00000433. The Morgan fingerprint density at radius 3 is 1.57 bits per heavy atom. The first-order valence-electron chi connectivity index (χ1n) is 17.2. The summed E-state index contributed by atoms with van der Waals surface area (Å²) in [7, 11) is 3.51. The van der Waals surface area contributed by atoms with E-state index in [1.54, 1.807) is 14.2 Å². The summed E-state index contributed by atoms with van der Waals surface area (Å²) in [6.45, 7) is 19.9. The number of rotatable bonds is 6. The Morgan fingerprint density at radius 2 is 1.17 bits per heavy atom. The molecule has 252 valence electrons. The number of hydrogen-bond acceptors (Lipinski definition) is 5. The normalized spacial score (nSPS) is 23.4. The highest BCUT2D eigenvalue weighted by atomic mass is 127. The van der Waals surface area contributed by atoms with Gasteiger partial charge in [-0.2, -0.15) is 0 Å². The van der Waals surface area contributed by atoms with E-state index >= 15 is 0 Å². The molecule has 2 aromatic rings. The van der Waals surface area contributed by atoms with E-state index in [9.17, 15) is 0 Å². The van der Waals surface area contributed by atoms with Crippen molar-refractivity contribution in [1.29, 1.82) is 0 Å². The van der Waals surface area contributed by atoms with Gasteiger partial charge in [0, 0.05) is 57.8 Å². The fourth-order valence-electron chi connectivity index (χ4n) is 8.13. The first kappa shape index (κ1) is 35.3. The monoisotopic (exact) mass is 748 g/mol. The number of ether oxygens (including phenoxy) is 2. The summed E-state index contributed by atoms with van der Waals surface area (Å²) in [5, 5.41) is 3.57. The Hall–Kier alpha value is -3.04. The molecule has 3 heterocycles. The van der Waals surface area contributed by atoms with Crippen LogP contribution in [0.5, 0.6) is 11.5 Å². The van der Waals surface area contributed by atoms with Gasteiger partial charge in [0.15, 0.2) is 13.1 Å². The molecular weight excluding hydrogens is 695 g/mol. The molecule has 1 saturated carbocycles. The van der Waals surface area contributed by atoms with Gasteiger partial charge in [0.2, 0.25) is 5.71 Å². The Morgan fingerprint density at radius 1 is 0.723 bits per heavy atom. The van der Waals surface area contributed by atoms with Crippen LogP contribution in [0, 0.1) is 0 Å². The highest BCUT2D eigenvalue weighted by molar-refractivity contribution is 6.10. The second kappa shape index (κ2) is 14.2. The minimum Gasteiger partial charge on any atom is -1.00 e. The Kier molecular flexibility index (Phi) is 10.7. The fraction of sp³-hybridized carbons (Fsp3) is 0.475. The number of allylic oxidation sites excluding steroid dienone is 8. The third-order valence-corrected chi connectivity index (χ3v) is 10.6. The molecule has 6 nitrogen and oxygen atoms in total. The van der Waals surface area contributed by atoms with E-state index in [0.29, 0.717) is 0 Å². The van der Waals surface area contributed by atoms with Crippen LogP contribution in [0.4, 0.5) is 11.4 Å². The van der Waals surface area contributed by atoms with Crippen LogP contribution < -0.4 is 48.6 Å². The van der Waals surface area contributed by atoms with Crippen LogP contribution in [0.25, 0.3) is 0 Å². The summed E-state index contributed by atoms with van der Waals surface area (Å²) >= 11 is 0. The van der Waals surface area contributed by atoms with Gasteiger partial charge in [-0.05, 0) is 92.8 Å². The van der Waals surface area contributed by atoms with Crippen LogP contribution in [-0.4, -0.2) is 63.8 Å². The van der Waals surface area contributed by atoms with Crippen molar-refractivity contribution in [3.8, 4) is 11.5 Å². The van der Waals surface area contributed by atoms with E-state index < -0.39 is 0 Å². The summed E-state index contributed by atoms with van der Waals surface area (Å²) in [6, 6.07) is 13.1. The number of hydrogen-bond donors (Lipinski definition) is 1. The lowest BCUT2D eigenvalue weighted by Crippen LogP contribution is -3.00. The maximum atomic E-state index is 5.62. The smallest absolute Gasteiger partial charge is 0.206 e. The third kappa shape index (κ3) is 6.30. The van der Waals surface area contributed by atoms with Gasteiger partial charge in [-0.1, -0.05) is 39.8 Å². The zero-order valence-corrected chi connectivity index (χ0v) is 31.8. The summed E-state index contributed by atoms with van der Waals surface area (Å²) in [4.78, 5) is 4.96. The molecule has 3 aliphatic heterocycles. The number of benzene rings is 2. The molecule has 2 fully saturated rings. The summed E-state index contributed by atoms with van der Waals surface area (Å²) in [6.07, 6.45) is 13.1. The molecular formula is C40H53IN4O2. The van der Waals surface area contributed by atoms with E-state index in [1.807, 2.05) is 0 Å². The predicted molar refractivity (Wildman–Crippen MR) is 192 cm³/mol. The lowest BCUT2D eigenvalue weighted by Gasteiger charge is -2.27. The van der Waals surface area contributed by atoms with E-state index in [0.717, 1.165) is 70.0 Å². The highest BCUT2D eigenvalue weighted by Crippen LogP contribution is 2.50. The molecule has 0 bridgehead atoms. The van der Waals surface area contributed by atoms with Crippen molar-refractivity contribution in [2.45, 2.75) is 71.6 Å². The standard InChI is InChI=1S/C40H53N4O2.HI/c1-9-43-34-18-16-30(45-7)26-32(34)39(3,4)36(43)20-14-28-12-11-13-29(38(28)42-24-22-41-23-25-42)15-21-37-40(5,6)33-27-31(46-8)17-19-35(33)44(37)10-2;/h14-21,26-27,41H,9-13,22-25H2,1-8H3;1H/q+1;/p-1. The topological polar surface area (TPSA) is 40.0 Å². The average Bonchev–Trinajstić information content (AvgIpc) is 3.43. The lowest BCUT2D eigenvalue weighted by atomic mass is 9.82. The number of nitrogens with zero attached hydrogens (tertiary/aromatic N) is 3. The zero-order valence-electron chi connectivity index (χ0n) is 29.7. The van der Waals surface area contributed by atoms with Crippen molar-refractivity contribution >= 4 is 17.1 Å². The number of nitrogens with one attached hydrogen (secondary N) is 1. The van der Waals surface area contributed by atoms with Crippen molar-refractivity contribution in [1.82, 2.24) is 5.32 Å². The number of halogens is 1. The molecule has 0 atom stereocenters. The highest BCUT2D eigenvalue weighted by Gasteiger charge is 2.41. The summed E-state index contributed by atoms with van der Waals surface area (Å²) in [5.41, 5.74) is 12.1. The number of likely N-dealkylation sites (N-methyl/N-ethyl adjacent to an activating group) is 2. The Labute approximate surface area is 299 Å². The maximum absolute atomic E-state index is 5.62. The van der Waals surface area contributed by atoms with E-state index in [1.165, 1.54) is 50.8 Å². The minimum atomic E-state index is -0.112. The molecule has 47 heavy (non-hydrogen) atoms. The van der Waals surface area contributed by atoms with Crippen LogP contribution in [0.3, 0.4) is 0 Å². The van der Waals surface area contributed by atoms with Crippen LogP contribution in [0.15, 0.2) is 83.2 Å². The first-order valence-corrected chi connectivity index (χ1v) is 17.2. The van der Waals surface area contributed by atoms with Gasteiger partial charge in [-0.25, -0.2) is 4.58 Å². The molecule has 4 aliphatic rings. The van der Waals surface area contributed by atoms with Crippen molar-refractivity contribution in [3.63, 3.8) is 0 Å². The summed E-state index contributed by atoms with van der Waals surface area (Å²) < 4.78 is 13.9. The maximum Gasteiger partial charge on any atom is 0.206 e. The molecule has 0 radical (unpaired) electrons. The molecule has 0 aromatic heterocycles. The van der Waals surface area contributed by atoms with Gasteiger partial charge in [0.25, 0.3) is 0 Å². The van der Waals surface area contributed by atoms with Gasteiger partial charge in [-0.15, -0.1) is 0 Å². The van der Waals surface area contributed by atoms with Crippen molar-refractivity contribution in [2.75, 3.05) is 63.3 Å². The molecule has 1 aliphatic carbocycles. The van der Waals surface area contributed by atoms with E-state index in [4.69, 9.17) is 9.47 Å². The van der Waals surface area contributed by atoms with Gasteiger partial charge >= 0.3 is 0 Å². The zero-order chi connectivity index (χ0) is 32.6. The third-order valence-electron chi connectivity index (χ3n) is 10.6. The predicted octanol–water partition coefficient (Wildman–Crippen LogP) is 4.50. The van der Waals surface area contributed by atoms with Crippen LogP contribution in [0.2, 0.25) is 0 Å². The fourth-order valence-corrected chi connectivity index (χ4v) is 8.13. The van der Waals surface area contributed by atoms with E-state index in [-0.39, 0.29) is 34.8 Å². The van der Waals surface area contributed by atoms with Crippen molar-refractivity contribution in [3.05, 3.63) is 94.4 Å².